The number of anilines is 1. The van der Waals surface area contributed by atoms with Crippen molar-refractivity contribution in [3.05, 3.63) is 78.4 Å². The normalized spacial score (nSPS) is 10.8. The van der Waals surface area contributed by atoms with Crippen molar-refractivity contribution in [2.24, 2.45) is 0 Å². The SMILES string of the molecule is O=C(Nc1ccc2nc(-c3ccncc3)[nH]c2c1)c1ccc(F)cc1. The van der Waals surface area contributed by atoms with Crippen LogP contribution in [-0.2, 0) is 0 Å². The Kier molecular flexibility index (Phi) is 3.70. The molecule has 0 fully saturated rings. The molecule has 2 N–H and O–H groups in total. The number of nitrogens with zero attached hydrogens (tertiary/aromatic N) is 2. The number of hydrogen-bond acceptors (Lipinski definition) is 3. The van der Waals surface area contributed by atoms with E-state index in [4.69, 9.17) is 0 Å². The van der Waals surface area contributed by atoms with Gasteiger partial charge in [0.15, 0.2) is 0 Å². The Morgan fingerprint density at radius 3 is 2.52 bits per heavy atom. The van der Waals surface area contributed by atoms with Crippen LogP contribution in [-0.4, -0.2) is 20.9 Å². The van der Waals surface area contributed by atoms with Gasteiger partial charge in [-0.1, -0.05) is 0 Å². The van der Waals surface area contributed by atoms with Crippen LogP contribution in [0, 0.1) is 5.82 Å². The van der Waals surface area contributed by atoms with Gasteiger partial charge in [-0.2, -0.15) is 0 Å². The lowest BCUT2D eigenvalue weighted by molar-refractivity contribution is 0.102. The third-order valence-corrected chi connectivity index (χ3v) is 3.80. The number of imidazole rings is 1. The zero-order chi connectivity index (χ0) is 17.2. The number of fused-ring (bicyclic) bond motifs is 1. The van der Waals surface area contributed by atoms with Crippen molar-refractivity contribution in [1.82, 2.24) is 15.0 Å². The maximum Gasteiger partial charge on any atom is 0.255 e. The van der Waals surface area contributed by atoms with Crippen molar-refractivity contribution in [2.75, 3.05) is 5.32 Å². The molecule has 2 heterocycles. The predicted molar refractivity (Wildman–Crippen MR) is 93.7 cm³/mol. The summed E-state index contributed by atoms with van der Waals surface area (Å²) in [4.78, 5) is 24.0. The average molecular weight is 332 g/mol. The van der Waals surface area contributed by atoms with Gasteiger partial charge in [0.1, 0.15) is 11.6 Å². The number of halogens is 1. The molecule has 4 aromatic rings. The smallest absolute Gasteiger partial charge is 0.255 e. The van der Waals surface area contributed by atoms with E-state index < -0.39 is 0 Å². The Bertz CT molecular complexity index is 1040. The summed E-state index contributed by atoms with van der Waals surface area (Å²) < 4.78 is 12.9. The highest BCUT2D eigenvalue weighted by atomic mass is 19.1. The van der Waals surface area contributed by atoms with Gasteiger partial charge in [-0.3, -0.25) is 9.78 Å². The molecule has 0 aliphatic rings. The molecule has 0 unspecified atom stereocenters. The fourth-order valence-corrected chi connectivity index (χ4v) is 2.54. The summed E-state index contributed by atoms with van der Waals surface area (Å²) in [7, 11) is 0. The van der Waals surface area contributed by atoms with Gasteiger partial charge < -0.3 is 10.3 Å². The number of aromatic amines is 1. The van der Waals surface area contributed by atoms with Crippen molar-refractivity contribution in [1.29, 1.82) is 0 Å². The Labute approximate surface area is 142 Å². The number of benzene rings is 2. The largest absolute Gasteiger partial charge is 0.338 e. The predicted octanol–water partition coefficient (Wildman–Crippen LogP) is 4.02. The molecule has 6 heteroatoms. The number of rotatable bonds is 3. The van der Waals surface area contributed by atoms with Gasteiger partial charge in [0.2, 0.25) is 0 Å². The molecule has 25 heavy (non-hydrogen) atoms. The van der Waals surface area contributed by atoms with Crippen LogP contribution in [0.15, 0.2) is 67.0 Å². The molecule has 0 aliphatic carbocycles. The fraction of sp³-hybridized carbons (Fsp3) is 0. The zero-order valence-corrected chi connectivity index (χ0v) is 13.0. The van der Waals surface area contributed by atoms with Gasteiger partial charge in [0.05, 0.1) is 11.0 Å². The topological polar surface area (TPSA) is 70.7 Å². The lowest BCUT2D eigenvalue weighted by Gasteiger charge is -2.05. The van der Waals surface area contributed by atoms with E-state index in [0.717, 1.165) is 22.4 Å². The summed E-state index contributed by atoms with van der Waals surface area (Å²) >= 11 is 0. The van der Waals surface area contributed by atoms with Gasteiger partial charge >= 0.3 is 0 Å². The monoisotopic (exact) mass is 332 g/mol. The standard InChI is InChI=1S/C19H13FN4O/c20-14-3-1-13(2-4-14)19(25)22-15-5-6-16-17(11-15)24-18(23-16)12-7-9-21-10-8-12/h1-11H,(H,22,25)(H,23,24). The van der Waals surface area contributed by atoms with Gasteiger partial charge in [0, 0.05) is 29.2 Å². The van der Waals surface area contributed by atoms with Crippen LogP contribution in [0.2, 0.25) is 0 Å². The Morgan fingerprint density at radius 1 is 1.00 bits per heavy atom. The third kappa shape index (κ3) is 3.10. The van der Waals surface area contributed by atoms with Gasteiger partial charge in [-0.25, -0.2) is 9.37 Å². The van der Waals surface area contributed by atoms with E-state index in [0.29, 0.717) is 11.3 Å². The van der Waals surface area contributed by atoms with E-state index >= 15 is 0 Å². The Morgan fingerprint density at radius 2 is 1.76 bits per heavy atom. The lowest BCUT2D eigenvalue weighted by Crippen LogP contribution is -2.11. The Hall–Kier alpha value is -3.54. The van der Waals surface area contributed by atoms with Crippen LogP contribution in [0.25, 0.3) is 22.4 Å². The number of hydrogen-bond donors (Lipinski definition) is 2. The van der Waals surface area contributed by atoms with Crippen LogP contribution in [0.5, 0.6) is 0 Å². The van der Waals surface area contributed by atoms with Crippen LogP contribution in [0.4, 0.5) is 10.1 Å². The summed E-state index contributed by atoms with van der Waals surface area (Å²) in [5.41, 5.74) is 3.56. The quantitative estimate of drug-likeness (QED) is 0.595. The summed E-state index contributed by atoms with van der Waals surface area (Å²) in [5.74, 6) is 0.0618. The van der Waals surface area contributed by atoms with E-state index in [1.807, 2.05) is 24.3 Å². The summed E-state index contributed by atoms with van der Waals surface area (Å²) in [6, 6.07) is 14.6. The van der Waals surface area contributed by atoms with E-state index in [-0.39, 0.29) is 11.7 Å². The van der Waals surface area contributed by atoms with Gasteiger partial charge in [0.25, 0.3) is 5.91 Å². The van der Waals surface area contributed by atoms with Crippen molar-refractivity contribution in [3.63, 3.8) is 0 Å². The number of nitrogens with one attached hydrogen (secondary N) is 2. The highest BCUT2D eigenvalue weighted by Crippen LogP contribution is 2.22. The molecule has 0 bridgehead atoms. The second-order valence-electron chi connectivity index (χ2n) is 5.51. The molecule has 0 aliphatic heterocycles. The molecule has 4 rings (SSSR count). The molecule has 0 saturated carbocycles. The number of H-pyrrole nitrogens is 1. The molecule has 5 nitrogen and oxygen atoms in total. The van der Waals surface area contributed by atoms with E-state index in [9.17, 15) is 9.18 Å². The minimum atomic E-state index is -0.376. The molecule has 0 atom stereocenters. The zero-order valence-electron chi connectivity index (χ0n) is 13.0. The number of amides is 1. The molecule has 1 amide bonds. The highest BCUT2D eigenvalue weighted by Gasteiger charge is 2.09. The third-order valence-electron chi connectivity index (χ3n) is 3.80. The van der Waals surface area contributed by atoms with Crippen molar-refractivity contribution in [2.45, 2.75) is 0 Å². The fourth-order valence-electron chi connectivity index (χ4n) is 2.54. The summed E-state index contributed by atoms with van der Waals surface area (Å²) in [6.07, 6.45) is 3.41. The van der Waals surface area contributed by atoms with Crippen LogP contribution >= 0.6 is 0 Å². The van der Waals surface area contributed by atoms with Crippen molar-refractivity contribution in [3.8, 4) is 11.4 Å². The minimum Gasteiger partial charge on any atom is -0.338 e. The first-order valence-corrected chi connectivity index (χ1v) is 7.66. The minimum absolute atomic E-state index is 0.298. The molecular formula is C19H13FN4O. The molecule has 0 spiro atoms. The molecule has 0 saturated heterocycles. The number of carbonyl (C=O) groups is 1. The average Bonchev–Trinajstić information content (AvgIpc) is 3.06. The highest BCUT2D eigenvalue weighted by molar-refractivity contribution is 6.05. The summed E-state index contributed by atoms with van der Waals surface area (Å²) in [6.45, 7) is 0. The van der Waals surface area contributed by atoms with Gasteiger partial charge in [-0.05, 0) is 54.6 Å². The number of carbonyl (C=O) groups excluding carboxylic acids is 1. The van der Waals surface area contributed by atoms with Crippen LogP contribution < -0.4 is 5.32 Å². The maximum atomic E-state index is 12.9. The Balaban J connectivity index is 1.61. The second-order valence-corrected chi connectivity index (χ2v) is 5.51. The molecule has 122 valence electrons. The van der Waals surface area contributed by atoms with Crippen LogP contribution in [0.1, 0.15) is 10.4 Å². The summed E-state index contributed by atoms with van der Waals surface area (Å²) in [5, 5.41) is 2.80. The van der Waals surface area contributed by atoms with Crippen molar-refractivity contribution < 1.29 is 9.18 Å². The van der Waals surface area contributed by atoms with E-state index in [2.05, 4.69) is 20.3 Å². The van der Waals surface area contributed by atoms with E-state index in [1.54, 1.807) is 18.5 Å². The first-order chi connectivity index (χ1) is 12.2. The van der Waals surface area contributed by atoms with Crippen LogP contribution in [0.3, 0.4) is 0 Å². The van der Waals surface area contributed by atoms with Gasteiger partial charge in [-0.15, -0.1) is 0 Å². The second kappa shape index (κ2) is 6.16. The first kappa shape index (κ1) is 15.0. The molecule has 2 aromatic carbocycles. The first-order valence-electron chi connectivity index (χ1n) is 7.66. The number of pyridine rings is 1. The lowest BCUT2D eigenvalue weighted by atomic mass is 10.2. The molecule has 0 radical (unpaired) electrons. The van der Waals surface area contributed by atoms with Crippen molar-refractivity contribution >= 4 is 22.6 Å². The molecule has 2 aromatic heterocycles. The maximum absolute atomic E-state index is 12.9. The van der Waals surface area contributed by atoms with E-state index in [1.165, 1.54) is 24.3 Å². The number of aromatic nitrogens is 3. The molecular weight excluding hydrogens is 319 g/mol.